The minimum absolute atomic E-state index is 0.208. The molecule has 0 aliphatic carbocycles. The van der Waals surface area contributed by atoms with Gasteiger partial charge in [0.1, 0.15) is 5.75 Å². The molecule has 31 heavy (non-hydrogen) atoms. The van der Waals surface area contributed by atoms with Crippen molar-refractivity contribution in [1.29, 1.82) is 0 Å². The molecule has 0 fully saturated rings. The molecule has 0 radical (unpaired) electrons. The second kappa shape index (κ2) is 14.0. The van der Waals surface area contributed by atoms with Crippen molar-refractivity contribution in [3.8, 4) is 22.6 Å². The molecule has 0 spiro atoms. The van der Waals surface area contributed by atoms with Crippen LogP contribution in [-0.2, 0) is 18.9 Å². The number of hydrogen-bond acceptors (Lipinski definition) is 6. The SMILES string of the molecule is COC(CCCOc1ccc(-c2ccc(OCCCC(OC)OC)c(F)c2)cc1)OC. The third-order valence-corrected chi connectivity index (χ3v) is 4.87. The highest BCUT2D eigenvalue weighted by Crippen LogP contribution is 2.27. The quantitative estimate of drug-likeness (QED) is 0.288. The van der Waals surface area contributed by atoms with E-state index in [1.807, 2.05) is 30.3 Å². The van der Waals surface area contributed by atoms with E-state index in [2.05, 4.69) is 0 Å². The second-order valence-electron chi connectivity index (χ2n) is 6.95. The Morgan fingerprint density at radius 3 is 1.71 bits per heavy atom. The Morgan fingerprint density at radius 1 is 0.677 bits per heavy atom. The first kappa shape index (κ1) is 25.1. The molecule has 0 amide bonds. The molecular weight excluding hydrogens is 403 g/mol. The minimum atomic E-state index is -0.390. The van der Waals surface area contributed by atoms with Crippen LogP contribution in [0.15, 0.2) is 42.5 Å². The van der Waals surface area contributed by atoms with Crippen molar-refractivity contribution >= 4 is 0 Å². The van der Waals surface area contributed by atoms with Gasteiger partial charge >= 0.3 is 0 Å². The fourth-order valence-corrected chi connectivity index (χ4v) is 3.08. The van der Waals surface area contributed by atoms with Crippen molar-refractivity contribution in [3.05, 3.63) is 48.3 Å². The summed E-state index contributed by atoms with van der Waals surface area (Å²) < 4.78 is 46.3. The average molecular weight is 437 g/mol. The van der Waals surface area contributed by atoms with Crippen molar-refractivity contribution < 1.29 is 32.8 Å². The first-order valence-corrected chi connectivity index (χ1v) is 10.4. The maximum atomic E-state index is 14.4. The lowest BCUT2D eigenvalue weighted by molar-refractivity contribution is -0.108. The van der Waals surface area contributed by atoms with Crippen LogP contribution in [0.3, 0.4) is 0 Å². The maximum Gasteiger partial charge on any atom is 0.165 e. The van der Waals surface area contributed by atoms with Crippen LogP contribution in [0.5, 0.6) is 11.5 Å². The molecular formula is C24H33FO6. The van der Waals surface area contributed by atoms with E-state index >= 15 is 0 Å². The Bertz CT molecular complexity index is 744. The van der Waals surface area contributed by atoms with Gasteiger partial charge in [-0.05, 0) is 48.2 Å². The first-order valence-electron chi connectivity index (χ1n) is 10.4. The van der Waals surface area contributed by atoms with E-state index in [4.69, 9.17) is 28.4 Å². The van der Waals surface area contributed by atoms with Gasteiger partial charge < -0.3 is 28.4 Å². The van der Waals surface area contributed by atoms with Crippen LogP contribution in [0.2, 0.25) is 0 Å². The maximum absolute atomic E-state index is 14.4. The summed E-state index contributed by atoms with van der Waals surface area (Å²) in [6, 6.07) is 12.6. The van der Waals surface area contributed by atoms with E-state index in [1.54, 1.807) is 34.5 Å². The predicted octanol–water partition coefficient (Wildman–Crippen LogP) is 5.05. The molecule has 0 saturated carbocycles. The molecule has 0 bridgehead atoms. The van der Waals surface area contributed by atoms with Gasteiger partial charge in [0.15, 0.2) is 24.1 Å². The van der Waals surface area contributed by atoms with Crippen LogP contribution >= 0.6 is 0 Å². The van der Waals surface area contributed by atoms with E-state index in [0.29, 0.717) is 26.1 Å². The number of halogens is 1. The summed E-state index contributed by atoms with van der Waals surface area (Å²) in [7, 11) is 6.42. The third-order valence-electron chi connectivity index (χ3n) is 4.87. The highest BCUT2D eigenvalue weighted by Gasteiger charge is 2.09. The largest absolute Gasteiger partial charge is 0.494 e. The monoisotopic (exact) mass is 436 g/mol. The third kappa shape index (κ3) is 8.45. The van der Waals surface area contributed by atoms with Crippen LogP contribution in [0.25, 0.3) is 11.1 Å². The summed E-state index contributed by atoms with van der Waals surface area (Å²) in [5.74, 6) is 0.611. The van der Waals surface area contributed by atoms with Gasteiger partial charge in [-0.3, -0.25) is 0 Å². The molecule has 2 aromatic carbocycles. The van der Waals surface area contributed by atoms with Gasteiger partial charge in [-0.1, -0.05) is 18.2 Å². The Morgan fingerprint density at radius 2 is 1.19 bits per heavy atom. The van der Waals surface area contributed by atoms with Crippen molar-refractivity contribution in [2.45, 2.75) is 38.3 Å². The van der Waals surface area contributed by atoms with E-state index in [1.165, 1.54) is 6.07 Å². The lowest BCUT2D eigenvalue weighted by Gasteiger charge is -2.14. The summed E-state index contributed by atoms with van der Waals surface area (Å²) in [5, 5.41) is 0. The Hall–Kier alpha value is -2.19. The van der Waals surface area contributed by atoms with Gasteiger partial charge in [0.05, 0.1) is 13.2 Å². The van der Waals surface area contributed by atoms with Gasteiger partial charge in [-0.2, -0.15) is 0 Å². The Labute approximate surface area is 184 Å². The topological polar surface area (TPSA) is 55.4 Å². The summed E-state index contributed by atoms with van der Waals surface area (Å²) in [6.45, 7) is 0.958. The van der Waals surface area contributed by atoms with Gasteiger partial charge in [0.2, 0.25) is 0 Å². The van der Waals surface area contributed by atoms with Gasteiger partial charge in [-0.15, -0.1) is 0 Å². The molecule has 0 aliphatic heterocycles. The molecule has 0 saturated heterocycles. The molecule has 172 valence electrons. The Balaban J connectivity index is 1.82. The van der Waals surface area contributed by atoms with E-state index in [9.17, 15) is 4.39 Å². The number of ether oxygens (including phenoxy) is 6. The smallest absolute Gasteiger partial charge is 0.165 e. The molecule has 2 rings (SSSR count). The standard InChI is InChI=1S/C24H33FO6/c1-26-23(27-2)7-5-15-30-20-12-9-18(10-13-20)19-11-14-22(21(25)17-19)31-16-6-8-24(28-3)29-4/h9-14,17,23-24H,5-8,15-16H2,1-4H3. The zero-order chi connectivity index (χ0) is 22.5. The van der Waals surface area contributed by atoms with Crippen LogP contribution in [0.4, 0.5) is 4.39 Å². The summed E-state index contributed by atoms with van der Waals surface area (Å²) in [5.41, 5.74) is 1.68. The lowest BCUT2D eigenvalue weighted by Crippen LogP contribution is -2.14. The number of benzene rings is 2. The lowest BCUT2D eigenvalue weighted by atomic mass is 10.1. The normalized spacial score (nSPS) is 11.3. The Kier molecular flexibility index (Phi) is 11.3. The van der Waals surface area contributed by atoms with Gasteiger partial charge in [0.25, 0.3) is 0 Å². The molecule has 0 aliphatic rings. The summed E-state index contributed by atoms with van der Waals surface area (Å²) >= 11 is 0. The average Bonchev–Trinajstić information content (AvgIpc) is 2.80. The molecule has 0 heterocycles. The molecule has 2 aromatic rings. The zero-order valence-corrected chi connectivity index (χ0v) is 18.8. The van der Waals surface area contributed by atoms with E-state index in [0.717, 1.165) is 29.7 Å². The van der Waals surface area contributed by atoms with Crippen molar-refractivity contribution in [2.75, 3.05) is 41.7 Å². The van der Waals surface area contributed by atoms with Crippen LogP contribution < -0.4 is 9.47 Å². The van der Waals surface area contributed by atoms with Gasteiger partial charge in [0, 0.05) is 41.3 Å². The van der Waals surface area contributed by atoms with E-state index < -0.39 is 5.82 Å². The molecule has 0 atom stereocenters. The highest BCUT2D eigenvalue weighted by atomic mass is 19.1. The molecule has 0 aromatic heterocycles. The second-order valence-corrected chi connectivity index (χ2v) is 6.95. The molecule has 0 unspecified atom stereocenters. The number of rotatable bonds is 15. The van der Waals surface area contributed by atoms with Crippen LogP contribution in [0.1, 0.15) is 25.7 Å². The van der Waals surface area contributed by atoms with Gasteiger partial charge in [-0.25, -0.2) is 4.39 Å². The van der Waals surface area contributed by atoms with Crippen LogP contribution in [-0.4, -0.2) is 54.2 Å². The molecule has 0 N–H and O–H groups in total. The minimum Gasteiger partial charge on any atom is -0.494 e. The summed E-state index contributed by atoms with van der Waals surface area (Å²) in [4.78, 5) is 0. The van der Waals surface area contributed by atoms with Crippen LogP contribution in [0, 0.1) is 5.82 Å². The van der Waals surface area contributed by atoms with Crippen molar-refractivity contribution in [3.63, 3.8) is 0 Å². The van der Waals surface area contributed by atoms with Crippen molar-refractivity contribution in [1.82, 2.24) is 0 Å². The number of hydrogen-bond donors (Lipinski definition) is 0. The molecule has 7 heteroatoms. The highest BCUT2D eigenvalue weighted by molar-refractivity contribution is 5.65. The summed E-state index contributed by atoms with van der Waals surface area (Å²) in [6.07, 6.45) is 2.49. The van der Waals surface area contributed by atoms with Crippen molar-refractivity contribution in [2.24, 2.45) is 0 Å². The zero-order valence-electron chi connectivity index (χ0n) is 18.8. The predicted molar refractivity (Wildman–Crippen MR) is 117 cm³/mol. The fourth-order valence-electron chi connectivity index (χ4n) is 3.08. The fraction of sp³-hybridized carbons (Fsp3) is 0.500. The molecule has 6 nitrogen and oxygen atoms in total. The van der Waals surface area contributed by atoms with E-state index in [-0.39, 0.29) is 18.3 Å². The first-order chi connectivity index (χ1) is 15.1. The number of methoxy groups -OCH3 is 4.